The Labute approximate surface area is 305 Å². The molecule has 9 aromatic rings. The van der Waals surface area contributed by atoms with Crippen LogP contribution in [0.15, 0.2) is 174 Å². The van der Waals surface area contributed by atoms with Gasteiger partial charge in [-0.3, -0.25) is 0 Å². The first-order valence-corrected chi connectivity index (χ1v) is 18.3. The molecule has 1 aliphatic carbocycles. The number of hydrogen-bond donors (Lipinski definition) is 0. The van der Waals surface area contributed by atoms with E-state index in [2.05, 4.69) is 152 Å². The van der Waals surface area contributed by atoms with E-state index in [1.165, 1.54) is 10.3 Å². The molecule has 0 N–H and O–H groups in total. The fourth-order valence-electron chi connectivity index (χ4n) is 7.10. The Morgan fingerprint density at radius 1 is 0.519 bits per heavy atom. The standard InChI is InChI=1S/C47H31N3OS/c1-2-8-30(9-3-1)31-16-22-35(23-17-31)46-48-41(29-42(49-46)34-20-24-36(25-21-34)47-50-40-11-5-7-13-45(40)52-47)33-18-14-32(15-19-33)37-26-27-44-39(28-37)38-10-4-6-12-43(38)51-44/h1-8,10-30H,9H2. The lowest BCUT2D eigenvalue weighted by atomic mass is 9.92. The third-order valence-electron chi connectivity index (χ3n) is 9.92. The van der Waals surface area contributed by atoms with Gasteiger partial charge in [0.25, 0.3) is 0 Å². The maximum atomic E-state index is 6.07. The first kappa shape index (κ1) is 30.4. The lowest BCUT2D eigenvalue weighted by molar-refractivity contribution is 0.669. The van der Waals surface area contributed by atoms with Gasteiger partial charge < -0.3 is 4.42 Å². The molecule has 0 radical (unpaired) electrons. The number of thiazole rings is 1. The van der Waals surface area contributed by atoms with Crippen LogP contribution in [0, 0.1) is 0 Å². The fraction of sp³-hybridized carbons (Fsp3) is 0.0426. The molecule has 0 saturated heterocycles. The lowest BCUT2D eigenvalue weighted by Crippen LogP contribution is -1.98. The molecule has 1 unspecified atom stereocenters. The van der Waals surface area contributed by atoms with E-state index in [4.69, 9.17) is 19.4 Å². The van der Waals surface area contributed by atoms with Gasteiger partial charge in [-0.2, -0.15) is 0 Å². The van der Waals surface area contributed by atoms with E-state index in [0.29, 0.717) is 11.7 Å². The highest BCUT2D eigenvalue weighted by Crippen LogP contribution is 2.36. The Balaban J connectivity index is 1.02. The third-order valence-corrected chi connectivity index (χ3v) is 11.0. The van der Waals surface area contributed by atoms with Crippen molar-refractivity contribution in [3.05, 3.63) is 175 Å². The van der Waals surface area contributed by atoms with E-state index in [0.717, 1.165) is 83.7 Å². The van der Waals surface area contributed by atoms with Gasteiger partial charge >= 0.3 is 0 Å². The third kappa shape index (κ3) is 5.62. The van der Waals surface area contributed by atoms with E-state index in [9.17, 15) is 0 Å². The Morgan fingerprint density at radius 2 is 1.17 bits per heavy atom. The molecule has 246 valence electrons. The van der Waals surface area contributed by atoms with Crippen molar-refractivity contribution in [2.45, 2.75) is 12.3 Å². The normalized spacial score (nSPS) is 14.1. The number of nitrogens with zero attached hydrogens (tertiary/aromatic N) is 3. The molecule has 10 rings (SSSR count). The minimum absolute atomic E-state index is 0.391. The Morgan fingerprint density at radius 3 is 1.92 bits per heavy atom. The highest BCUT2D eigenvalue weighted by Gasteiger charge is 2.15. The summed E-state index contributed by atoms with van der Waals surface area (Å²) in [5, 5.41) is 3.27. The van der Waals surface area contributed by atoms with Crippen molar-refractivity contribution in [2.24, 2.45) is 0 Å². The molecule has 0 amide bonds. The predicted molar refractivity (Wildman–Crippen MR) is 215 cm³/mol. The molecule has 0 bridgehead atoms. The largest absolute Gasteiger partial charge is 0.456 e. The van der Waals surface area contributed by atoms with E-state index < -0.39 is 0 Å². The highest BCUT2D eigenvalue weighted by atomic mass is 32.1. The van der Waals surface area contributed by atoms with Crippen LogP contribution in [0.25, 0.3) is 87.8 Å². The SMILES string of the molecule is C1=CCC(c2ccc(-c3nc(-c4ccc(-c5ccc6oc7ccccc7c6c5)cc4)cc(-c4ccc(-c5nc6ccccc6s5)cc4)n3)cc2)C=C1. The minimum atomic E-state index is 0.391. The molecule has 0 aliphatic heterocycles. The maximum Gasteiger partial charge on any atom is 0.160 e. The topological polar surface area (TPSA) is 51.8 Å². The zero-order chi connectivity index (χ0) is 34.4. The van der Waals surface area contributed by atoms with Crippen LogP contribution < -0.4 is 0 Å². The minimum Gasteiger partial charge on any atom is -0.456 e. The van der Waals surface area contributed by atoms with Gasteiger partial charge in [0.2, 0.25) is 0 Å². The molecule has 3 aromatic heterocycles. The molecule has 5 heteroatoms. The summed E-state index contributed by atoms with van der Waals surface area (Å²) in [6.45, 7) is 0. The number of furan rings is 1. The molecule has 1 atom stereocenters. The van der Waals surface area contributed by atoms with Gasteiger partial charge in [-0.15, -0.1) is 11.3 Å². The molecular weight excluding hydrogens is 655 g/mol. The number of rotatable bonds is 6. The van der Waals surface area contributed by atoms with E-state index in [1.54, 1.807) is 11.3 Å². The smallest absolute Gasteiger partial charge is 0.160 e. The van der Waals surface area contributed by atoms with Crippen molar-refractivity contribution in [1.82, 2.24) is 15.0 Å². The van der Waals surface area contributed by atoms with Crippen molar-refractivity contribution in [2.75, 3.05) is 0 Å². The molecule has 0 fully saturated rings. The second-order valence-electron chi connectivity index (χ2n) is 13.2. The van der Waals surface area contributed by atoms with Crippen molar-refractivity contribution in [1.29, 1.82) is 0 Å². The number of allylic oxidation sites excluding steroid dienone is 4. The van der Waals surface area contributed by atoms with Crippen LogP contribution in [0.4, 0.5) is 0 Å². The van der Waals surface area contributed by atoms with Crippen LogP contribution in [-0.2, 0) is 0 Å². The molecule has 6 aromatic carbocycles. The fourth-order valence-corrected chi connectivity index (χ4v) is 8.07. The van der Waals surface area contributed by atoms with Crippen LogP contribution >= 0.6 is 11.3 Å². The summed E-state index contributed by atoms with van der Waals surface area (Å²) in [7, 11) is 0. The van der Waals surface area contributed by atoms with Crippen LogP contribution in [0.5, 0.6) is 0 Å². The van der Waals surface area contributed by atoms with Crippen LogP contribution in [0.1, 0.15) is 17.9 Å². The molecule has 0 spiro atoms. The number of fused-ring (bicyclic) bond motifs is 4. The van der Waals surface area contributed by atoms with Gasteiger partial charge in [0.1, 0.15) is 16.2 Å². The Hall–Kier alpha value is -6.43. The second-order valence-corrected chi connectivity index (χ2v) is 14.2. The molecule has 52 heavy (non-hydrogen) atoms. The zero-order valence-corrected chi connectivity index (χ0v) is 28.9. The zero-order valence-electron chi connectivity index (χ0n) is 28.1. The summed E-state index contributed by atoms with van der Waals surface area (Å²) >= 11 is 1.71. The van der Waals surface area contributed by atoms with Gasteiger partial charge in [0.05, 0.1) is 21.6 Å². The van der Waals surface area contributed by atoms with E-state index in [1.807, 2.05) is 18.2 Å². The summed E-state index contributed by atoms with van der Waals surface area (Å²) in [4.78, 5) is 15.1. The summed E-state index contributed by atoms with van der Waals surface area (Å²) < 4.78 is 7.26. The molecule has 1 aliphatic rings. The average Bonchev–Trinajstić information content (AvgIpc) is 3.83. The van der Waals surface area contributed by atoms with Gasteiger partial charge in [-0.25, -0.2) is 15.0 Å². The Kier molecular flexibility index (Phi) is 7.43. The highest BCUT2D eigenvalue weighted by molar-refractivity contribution is 7.21. The van der Waals surface area contributed by atoms with Crippen molar-refractivity contribution < 1.29 is 4.42 Å². The van der Waals surface area contributed by atoms with Crippen LogP contribution in [0.2, 0.25) is 0 Å². The first-order chi connectivity index (χ1) is 25.7. The summed E-state index contributed by atoms with van der Waals surface area (Å²) in [5.74, 6) is 1.09. The predicted octanol–water partition coefficient (Wildman–Crippen LogP) is 12.9. The number of benzene rings is 6. The second kappa shape index (κ2) is 12.7. The van der Waals surface area contributed by atoms with Gasteiger partial charge in [-0.05, 0) is 59.5 Å². The average molecular weight is 686 g/mol. The monoisotopic (exact) mass is 685 g/mol. The van der Waals surface area contributed by atoms with Crippen LogP contribution in [0.3, 0.4) is 0 Å². The van der Waals surface area contributed by atoms with E-state index >= 15 is 0 Å². The van der Waals surface area contributed by atoms with Gasteiger partial charge in [0.15, 0.2) is 5.82 Å². The van der Waals surface area contributed by atoms with Crippen molar-refractivity contribution in [3.8, 4) is 55.6 Å². The van der Waals surface area contributed by atoms with Gasteiger partial charge in [0, 0.05) is 38.9 Å². The van der Waals surface area contributed by atoms with Gasteiger partial charge in [-0.1, -0.05) is 133 Å². The number of aromatic nitrogens is 3. The molecule has 0 saturated carbocycles. The number of para-hydroxylation sites is 2. The first-order valence-electron chi connectivity index (χ1n) is 17.5. The summed E-state index contributed by atoms with van der Waals surface area (Å²) in [5.41, 5.74) is 12.3. The maximum absolute atomic E-state index is 6.07. The van der Waals surface area contributed by atoms with Crippen molar-refractivity contribution in [3.63, 3.8) is 0 Å². The molecule has 4 nitrogen and oxygen atoms in total. The summed E-state index contributed by atoms with van der Waals surface area (Å²) in [6, 6.07) is 50.9. The molecular formula is C47H31N3OS. The Bertz CT molecular complexity index is 2770. The van der Waals surface area contributed by atoms with Crippen LogP contribution in [-0.4, -0.2) is 15.0 Å². The lowest BCUT2D eigenvalue weighted by Gasteiger charge is -2.14. The number of hydrogen-bond acceptors (Lipinski definition) is 5. The molecule has 3 heterocycles. The van der Waals surface area contributed by atoms with Crippen molar-refractivity contribution >= 4 is 43.5 Å². The van der Waals surface area contributed by atoms with E-state index in [-0.39, 0.29) is 0 Å². The quantitative estimate of drug-likeness (QED) is 0.175. The summed E-state index contributed by atoms with van der Waals surface area (Å²) in [6.07, 6.45) is 9.75.